The van der Waals surface area contributed by atoms with E-state index in [9.17, 15) is 19.5 Å². The molecule has 2 amide bonds. The first-order chi connectivity index (χ1) is 11.4. The van der Waals surface area contributed by atoms with Crippen LogP contribution in [0.3, 0.4) is 0 Å². The van der Waals surface area contributed by atoms with E-state index in [-0.39, 0.29) is 18.9 Å². The van der Waals surface area contributed by atoms with Crippen molar-refractivity contribution in [2.24, 2.45) is 5.10 Å². The highest BCUT2D eigenvalue weighted by Crippen LogP contribution is 2.21. The summed E-state index contributed by atoms with van der Waals surface area (Å²) in [4.78, 5) is 33.3. The summed E-state index contributed by atoms with van der Waals surface area (Å²) in [6.07, 6.45) is 1.22. The number of hydrogen-bond acceptors (Lipinski definition) is 7. The van der Waals surface area contributed by atoms with Gasteiger partial charge in [-0.1, -0.05) is 15.9 Å². The van der Waals surface area contributed by atoms with Gasteiger partial charge >= 0.3 is 11.8 Å². The second-order valence-corrected chi connectivity index (χ2v) is 5.21. The lowest BCUT2D eigenvalue weighted by Crippen LogP contribution is -2.39. The number of carboxylic acid groups (broad SMARTS) is 1. The fraction of sp³-hybridized carbons (Fsp3) is 0.286. The summed E-state index contributed by atoms with van der Waals surface area (Å²) >= 11 is 3.25. The fourth-order valence-corrected chi connectivity index (χ4v) is 1.83. The van der Waals surface area contributed by atoms with E-state index in [2.05, 4.69) is 26.3 Å². The molecular formula is C14H15BrN3O6-. The molecule has 0 saturated heterocycles. The Balaban J connectivity index is 2.65. The smallest absolute Gasteiger partial charge is 0.329 e. The Morgan fingerprint density at radius 1 is 1.33 bits per heavy atom. The molecule has 1 rings (SSSR count). The Kier molecular flexibility index (Phi) is 8.44. The minimum absolute atomic E-state index is 0.194. The van der Waals surface area contributed by atoms with Crippen molar-refractivity contribution >= 4 is 39.9 Å². The van der Waals surface area contributed by atoms with Gasteiger partial charge in [0.2, 0.25) is 0 Å². The van der Waals surface area contributed by atoms with Gasteiger partial charge in [-0.15, -0.1) is 0 Å². The molecule has 0 aliphatic heterocycles. The van der Waals surface area contributed by atoms with Crippen LogP contribution in [0.1, 0.15) is 5.56 Å². The Hall–Kier alpha value is -2.46. The van der Waals surface area contributed by atoms with Crippen LogP contribution < -0.4 is 20.6 Å². The number of hydrazone groups is 1. The van der Waals surface area contributed by atoms with Gasteiger partial charge in [-0.2, -0.15) is 5.10 Å². The van der Waals surface area contributed by atoms with E-state index in [0.717, 1.165) is 0 Å². The van der Waals surface area contributed by atoms with Crippen LogP contribution in [0.15, 0.2) is 27.8 Å². The molecule has 0 aliphatic rings. The van der Waals surface area contributed by atoms with Crippen LogP contribution in [0.25, 0.3) is 0 Å². The number of nitrogens with zero attached hydrogens (tertiary/aromatic N) is 1. The molecule has 1 aromatic rings. The van der Waals surface area contributed by atoms with Crippen LogP contribution in [0.5, 0.6) is 5.75 Å². The van der Waals surface area contributed by atoms with Crippen molar-refractivity contribution < 1.29 is 29.0 Å². The summed E-state index contributed by atoms with van der Waals surface area (Å²) in [5.74, 6) is -2.95. The Bertz CT molecular complexity index is 635. The third kappa shape index (κ3) is 7.20. The van der Waals surface area contributed by atoms with Gasteiger partial charge in [-0.3, -0.25) is 9.59 Å². The number of nitrogens with one attached hydrogen (secondary N) is 2. The summed E-state index contributed by atoms with van der Waals surface area (Å²) < 4.78 is 10.5. The minimum atomic E-state index is -1.37. The number of benzene rings is 1. The molecule has 0 saturated carbocycles. The fourth-order valence-electron chi connectivity index (χ4n) is 1.45. The zero-order valence-electron chi connectivity index (χ0n) is 12.7. The van der Waals surface area contributed by atoms with Crippen LogP contribution >= 0.6 is 15.9 Å². The number of carbonyl (C=O) groups is 3. The van der Waals surface area contributed by atoms with E-state index in [1.807, 2.05) is 5.43 Å². The third-order valence-electron chi connectivity index (χ3n) is 2.49. The highest BCUT2D eigenvalue weighted by molar-refractivity contribution is 9.10. The third-order valence-corrected chi connectivity index (χ3v) is 2.98. The summed E-state index contributed by atoms with van der Waals surface area (Å²) in [6.45, 7) is -0.157. The van der Waals surface area contributed by atoms with Gasteiger partial charge in [-0.25, -0.2) is 5.43 Å². The molecular weight excluding hydrogens is 386 g/mol. The van der Waals surface area contributed by atoms with E-state index in [1.54, 1.807) is 12.1 Å². The lowest BCUT2D eigenvalue weighted by atomic mass is 10.2. The number of carboxylic acids is 1. The van der Waals surface area contributed by atoms with E-state index in [1.165, 1.54) is 19.4 Å². The molecule has 0 aliphatic carbocycles. The van der Waals surface area contributed by atoms with Gasteiger partial charge in [0.05, 0.1) is 18.8 Å². The Labute approximate surface area is 146 Å². The van der Waals surface area contributed by atoms with Gasteiger partial charge in [0.15, 0.2) is 0 Å². The maximum absolute atomic E-state index is 11.5. The Morgan fingerprint density at radius 3 is 2.75 bits per heavy atom. The molecule has 2 N–H and O–H groups in total. The minimum Gasteiger partial charge on any atom is -0.546 e. The average molecular weight is 401 g/mol. The summed E-state index contributed by atoms with van der Waals surface area (Å²) in [7, 11) is 1.47. The van der Waals surface area contributed by atoms with Crippen LogP contribution in [0, 0.1) is 0 Å². The SMILES string of the molecule is COCCNC(=O)C(=O)N/N=C\c1cc(Br)ccc1OCC(=O)[O-]. The molecule has 0 bridgehead atoms. The second kappa shape index (κ2) is 10.3. The zero-order chi connectivity index (χ0) is 17.9. The summed E-state index contributed by atoms with van der Waals surface area (Å²) in [5.41, 5.74) is 2.44. The van der Waals surface area contributed by atoms with Gasteiger partial charge < -0.3 is 24.7 Å². The van der Waals surface area contributed by atoms with E-state index in [4.69, 9.17) is 9.47 Å². The Morgan fingerprint density at radius 2 is 2.08 bits per heavy atom. The van der Waals surface area contributed by atoms with Crippen molar-refractivity contribution in [1.29, 1.82) is 0 Å². The average Bonchev–Trinajstić information content (AvgIpc) is 2.53. The van der Waals surface area contributed by atoms with E-state index >= 15 is 0 Å². The molecule has 0 spiro atoms. The standard InChI is InChI=1S/C14H16BrN3O6/c1-23-5-4-16-13(21)14(22)18-17-7-9-6-10(15)2-3-11(9)24-8-12(19)20/h2-3,6-7H,4-5,8H2,1H3,(H,16,21)(H,18,22)(H,19,20)/p-1/b17-7-. The van der Waals surface area contributed by atoms with Crippen molar-refractivity contribution in [2.75, 3.05) is 26.9 Å². The number of methoxy groups -OCH3 is 1. The summed E-state index contributed by atoms with van der Waals surface area (Å²) in [5, 5.41) is 16.4. The van der Waals surface area contributed by atoms with Crippen molar-refractivity contribution in [2.45, 2.75) is 0 Å². The lowest BCUT2D eigenvalue weighted by molar-refractivity contribution is -0.307. The molecule has 24 heavy (non-hydrogen) atoms. The maximum Gasteiger partial charge on any atom is 0.329 e. The molecule has 0 fully saturated rings. The zero-order valence-corrected chi connectivity index (χ0v) is 14.3. The number of amides is 2. The molecule has 0 aromatic heterocycles. The van der Waals surface area contributed by atoms with Crippen molar-refractivity contribution in [3.63, 3.8) is 0 Å². The monoisotopic (exact) mass is 400 g/mol. The predicted octanol–water partition coefficient (Wildman–Crippen LogP) is -1.21. The van der Waals surface area contributed by atoms with Gasteiger partial charge in [0.25, 0.3) is 0 Å². The number of rotatable bonds is 8. The van der Waals surface area contributed by atoms with Gasteiger partial charge in [0.1, 0.15) is 12.4 Å². The first kappa shape index (κ1) is 19.6. The van der Waals surface area contributed by atoms with Crippen molar-refractivity contribution in [3.8, 4) is 5.75 Å². The lowest BCUT2D eigenvalue weighted by Gasteiger charge is -2.09. The second-order valence-electron chi connectivity index (χ2n) is 4.29. The van der Waals surface area contributed by atoms with Crippen molar-refractivity contribution in [3.05, 3.63) is 28.2 Å². The van der Waals surface area contributed by atoms with Gasteiger partial charge in [-0.05, 0) is 18.2 Å². The van der Waals surface area contributed by atoms with Gasteiger partial charge in [0, 0.05) is 23.7 Å². The number of ether oxygens (including phenoxy) is 2. The molecule has 10 heteroatoms. The molecule has 0 unspecified atom stereocenters. The van der Waals surface area contributed by atoms with Crippen LogP contribution in [-0.4, -0.2) is 50.9 Å². The molecule has 1 aromatic carbocycles. The highest BCUT2D eigenvalue weighted by atomic mass is 79.9. The van der Waals surface area contributed by atoms with E-state index in [0.29, 0.717) is 10.0 Å². The molecule has 9 nitrogen and oxygen atoms in total. The molecule has 0 radical (unpaired) electrons. The summed E-state index contributed by atoms with van der Waals surface area (Å²) in [6, 6.07) is 4.76. The number of hydrogen-bond donors (Lipinski definition) is 2. The number of halogens is 1. The first-order valence-electron chi connectivity index (χ1n) is 6.66. The van der Waals surface area contributed by atoms with Crippen molar-refractivity contribution in [1.82, 2.24) is 10.7 Å². The van der Waals surface area contributed by atoms with E-state index < -0.39 is 24.4 Å². The topological polar surface area (TPSA) is 129 Å². The largest absolute Gasteiger partial charge is 0.546 e. The van der Waals surface area contributed by atoms with Crippen LogP contribution in [0.4, 0.5) is 0 Å². The first-order valence-corrected chi connectivity index (χ1v) is 7.45. The number of carbonyl (C=O) groups excluding carboxylic acids is 3. The maximum atomic E-state index is 11.5. The molecule has 0 heterocycles. The molecule has 130 valence electrons. The van der Waals surface area contributed by atoms with Crippen LogP contribution in [-0.2, 0) is 19.1 Å². The normalized spacial score (nSPS) is 10.4. The number of aliphatic carboxylic acids is 1. The quantitative estimate of drug-likeness (QED) is 0.244. The predicted molar refractivity (Wildman–Crippen MR) is 85.3 cm³/mol. The van der Waals surface area contributed by atoms with Crippen LogP contribution in [0.2, 0.25) is 0 Å². The highest BCUT2D eigenvalue weighted by Gasteiger charge is 2.11. The molecule has 0 atom stereocenters.